The lowest BCUT2D eigenvalue weighted by molar-refractivity contribution is -0.156. The standard InChI is InChI=1S/C23H30O4/c1-20(2)11-7-9-22(20,5)18(25)13(11)16-15(24)17(27-16)14-12-8-10-23(6,19(14)26)21(12,3)4/h11-13,16H,7-10H2,1-6H3. The van der Waals surface area contributed by atoms with Gasteiger partial charge in [-0.2, -0.15) is 0 Å². The minimum atomic E-state index is -0.672. The Morgan fingerprint density at radius 2 is 1.48 bits per heavy atom. The van der Waals surface area contributed by atoms with Crippen LogP contribution < -0.4 is 0 Å². The fourth-order valence-corrected chi connectivity index (χ4v) is 7.38. The van der Waals surface area contributed by atoms with Gasteiger partial charge in [0.2, 0.25) is 5.78 Å². The van der Waals surface area contributed by atoms with Crippen LogP contribution in [0.15, 0.2) is 11.3 Å². The molecular weight excluding hydrogens is 340 g/mol. The summed E-state index contributed by atoms with van der Waals surface area (Å²) in [5, 5.41) is 0. The maximum Gasteiger partial charge on any atom is 0.238 e. The molecule has 0 aromatic rings. The van der Waals surface area contributed by atoms with Gasteiger partial charge in [-0.05, 0) is 48.3 Å². The van der Waals surface area contributed by atoms with Gasteiger partial charge in [0.25, 0.3) is 0 Å². The van der Waals surface area contributed by atoms with Gasteiger partial charge in [0.1, 0.15) is 5.78 Å². The molecule has 4 heteroatoms. The molecule has 5 fully saturated rings. The van der Waals surface area contributed by atoms with Crippen molar-refractivity contribution in [2.24, 2.45) is 39.4 Å². The molecule has 1 heterocycles. The van der Waals surface area contributed by atoms with Crippen LogP contribution in [0.3, 0.4) is 0 Å². The van der Waals surface area contributed by atoms with Crippen LogP contribution in [0.5, 0.6) is 0 Å². The molecule has 0 aromatic heterocycles. The van der Waals surface area contributed by atoms with Gasteiger partial charge in [0.15, 0.2) is 17.6 Å². The third kappa shape index (κ3) is 1.59. The largest absolute Gasteiger partial charge is 0.477 e. The number of hydrogen-bond donors (Lipinski definition) is 0. The number of fused-ring (bicyclic) bond motifs is 4. The van der Waals surface area contributed by atoms with E-state index in [1.807, 2.05) is 6.92 Å². The third-order valence-electron chi connectivity index (χ3n) is 10.2. The van der Waals surface area contributed by atoms with E-state index in [4.69, 9.17) is 4.74 Å². The van der Waals surface area contributed by atoms with Crippen LogP contribution in [0.1, 0.15) is 67.2 Å². The van der Waals surface area contributed by atoms with Gasteiger partial charge >= 0.3 is 0 Å². The first-order valence-corrected chi connectivity index (χ1v) is 10.4. The summed E-state index contributed by atoms with van der Waals surface area (Å²) < 4.78 is 6.03. The number of rotatable bonds is 1. The summed E-state index contributed by atoms with van der Waals surface area (Å²) in [5.41, 5.74) is -0.368. The zero-order valence-electron chi connectivity index (χ0n) is 17.3. The van der Waals surface area contributed by atoms with Gasteiger partial charge in [0.05, 0.1) is 5.92 Å². The molecule has 146 valence electrons. The van der Waals surface area contributed by atoms with Crippen LogP contribution in [0, 0.1) is 39.4 Å². The molecule has 0 amide bonds. The lowest BCUT2D eigenvalue weighted by Crippen LogP contribution is -2.50. The first-order valence-electron chi connectivity index (χ1n) is 10.4. The van der Waals surface area contributed by atoms with Gasteiger partial charge in [-0.3, -0.25) is 14.4 Å². The van der Waals surface area contributed by atoms with Crippen molar-refractivity contribution in [1.82, 2.24) is 0 Å². The van der Waals surface area contributed by atoms with E-state index in [0.29, 0.717) is 5.57 Å². The van der Waals surface area contributed by atoms with E-state index in [2.05, 4.69) is 34.6 Å². The number of Topliss-reactive ketones (excluding diaryl/α,β-unsaturated/α-hetero) is 3. The fraction of sp³-hybridized carbons (Fsp3) is 0.783. The Morgan fingerprint density at radius 3 is 1.96 bits per heavy atom. The maximum atomic E-state index is 13.1. The zero-order valence-corrected chi connectivity index (χ0v) is 17.3. The monoisotopic (exact) mass is 370 g/mol. The maximum absolute atomic E-state index is 13.1. The molecule has 6 unspecified atom stereocenters. The summed E-state index contributed by atoms with van der Waals surface area (Å²) in [6, 6.07) is 0. The van der Waals surface area contributed by atoms with Crippen molar-refractivity contribution in [2.45, 2.75) is 73.3 Å². The Kier molecular flexibility index (Phi) is 2.99. The highest BCUT2D eigenvalue weighted by molar-refractivity contribution is 6.15. The highest BCUT2D eigenvalue weighted by Crippen LogP contribution is 2.69. The molecule has 1 aliphatic heterocycles. The minimum Gasteiger partial charge on any atom is -0.477 e. The lowest BCUT2D eigenvalue weighted by atomic mass is 9.70. The zero-order chi connectivity index (χ0) is 19.7. The number of carbonyl (C=O) groups excluding carboxylic acids is 3. The first kappa shape index (κ1) is 17.6. The molecule has 4 saturated carbocycles. The molecule has 4 nitrogen and oxygen atoms in total. The van der Waals surface area contributed by atoms with Crippen molar-refractivity contribution in [3.05, 3.63) is 11.3 Å². The molecule has 27 heavy (non-hydrogen) atoms. The van der Waals surface area contributed by atoms with E-state index < -0.39 is 11.5 Å². The molecule has 6 atom stereocenters. The fourth-order valence-electron chi connectivity index (χ4n) is 7.38. The van der Waals surface area contributed by atoms with Crippen LogP contribution in [0.2, 0.25) is 0 Å². The Balaban J connectivity index is 1.48. The number of carbonyl (C=O) groups is 3. The molecular formula is C23H30O4. The topological polar surface area (TPSA) is 60.4 Å². The van der Waals surface area contributed by atoms with Crippen LogP contribution in [0.25, 0.3) is 0 Å². The quantitative estimate of drug-likeness (QED) is 0.657. The predicted molar refractivity (Wildman–Crippen MR) is 99.6 cm³/mol. The lowest BCUT2D eigenvalue weighted by Gasteiger charge is -2.39. The van der Waals surface area contributed by atoms with Gasteiger partial charge < -0.3 is 4.74 Å². The second kappa shape index (κ2) is 4.58. The number of ether oxygens (including phenoxy) is 1. The average molecular weight is 370 g/mol. The van der Waals surface area contributed by atoms with Gasteiger partial charge in [-0.1, -0.05) is 41.5 Å². The molecule has 1 saturated heterocycles. The normalized spacial score (nSPS) is 51.7. The molecule has 0 N–H and O–H groups in total. The Morgan fingerprint density at radius 1 is 0.852 bits per heavy atom. The highest BCUT2D eigenvalue weighted by atomic mass is 16.5. The molecule has 0 spiro atoms. The van der Waals surface area contributed by atoms with Crippen LogP contribution in [-0.2, 0) is 19.1 Å². The molecule has 5 rings (SSSR count). The number of allylic oxidation sites excluding steroid dienone is 1. The average Bonchev–Trinajstić information content (AvgIpc) is 3.07. The van der Waals surface area contributed by atoms with E-state index in [0.717, 1.165) is 25.7 Å². The summed E-state index contributed by atoms with van der Waals surface area (Å²) in [6.07, 6.45) is 3.03. The summed E-state index contributed by atoms with van der Waals surface area (Å²) >= 11 is 0. The van der Waals surface area contributed by atoms with E-state index in [-0.39, 0.29) is 57.1 Å². The molecule has 5 aliphatic rings. The summed E-state index contributed by atoms with van der Waals surface area (Å²) in [6.45, 7) is 12.7. The smallest absolute Gasteiger partial charge is 0.238 e. The predicted octanol–water partition coefficient (Wildman–Crippen LogP) is 3.88. The van der Waals surface area contributed by atoms with Crippen LogP contribution in [-0.4, -0.2) is 23.5 Å². The van der Waals surface area contributed by atoms with Crippen molar-refractivity contribution >= 4 is 17.3 Å². The number of hydrogen-bond acceptors (Lipinski definition) is 4. The van der Waals surface area contributed by atoms with Crippen LogP contribution >= 0.6 is 0 Å². The van der Waals surface area contributed by atoms with Crippen molar-refractivity contribution in [3.63, 3.8) is 0 Å². The summed E-state index contributed by atoms with van der Waals surface area (Å²) in [5.74, 6) is 0.420. The van der Waals surface area contributed by atoms with E-state index >= 15 is 0 Å². The second-order valence-electron chi connectivity index (χ2n) is 11.2. The minimum absolute atomic E-state index is 0.0945. The van der Waals surface area contributed by atoms with Crippen molar-refractivity contribution in [3.8, 4) is 0 Å². The Hall–Kier alpha value is -1.45. The van der Waals surface area contributed by atoms with Gasteiger partial charge in [-0.25, -0.2) is 0 Å². The van der Waals surface area contributed by atoms with Crippen LogP contribution in [0.4, 0.5) is 0 Å². The van der Waals surface area contributed by atoms with E-state index in [1.54, 1.807) is 0 Å². The van der Waals surface area contributed by atoms with Gasteiger partial charge in [0, 0.05) is 16.4 Å². The van der Waals surface area contributed by atoms with Crippen molar-refractivity contribution < 1.29 is 19.1 Å². The van der Waals surface area contributed by atoms with Crippen molar-refractivity contribution in [1.29, 1.82) is 0 Å². The third-order valence-corrected chi connectivity index (χ3v) is 10.2. The first-order chi connectivity index (χ1) is 12.4. The second-order valence-corrected chi connectivity index (χ2v) is 11.2. The molecule has 4 bridgehead atoms. The van der Waals surface area contributed by atoms with E-state index in [1.165, 1.54) is 0 Å². The molecule has 0 radical (unpaired) electrons. The Labute approximate surface area is 161 Å². The Bertz CT molecular complexity index is 846. The number of ketones is 3. The SMILES string of the molecule is CC12CCC(C(=C3OC(C4C(=O)C5(C)CCC4C5(C)C)C3=O)C1=O)C2(C)C. The highest BCUT2D eigenvalue weighted by Gasteiger charge is 2.71. The van der Waals surface area contributed by atoms with Gasteiger partial charge in [-0.15, -0.1) is 0 Å². The summed E-state index contributed by atoms with van der Waals surface area (Å²) in [4.78, 5) is 39.4. The summed E-state index contributed by atoms with van der Waals surface area (Å²) in [7, 11) is 0. The molecule has 0 aromatic carbocycles. The van der Waals surface area contributed by atoms with Crippen molar-refractivity contribution in [2.75, 3.05) is 0 Å². The molecule has 4 aliphatic carbocycles. The van der Waals surface area contributed by atoms with E-state index in [9.17, 15) is 14.4 Å².